The van der Waals surface area contributed by atoms with Crippen molar-refractivity contribution in [2.24, 2.45) is 7.05 Å². The van der Waals surface area contributed by atoms with Crippen LogP contribution < -0.4 is 0 Å². The van der Waals surface area contributed by atoms with E-state index in [2.05, 4.69) is 10.3 Å². The lowest BCUT2D eigenvalue weighted by atomic mass is 10.1. The molecule has 0 atom stereocenters. The van der Waals surface area contributed by atoms with E-state index in [4.69, 9.17) is 28.3 Å². The zero-order chi connectivity index (χ0) is 11.7. The Labute approximate surface area is 102 Å². The number of aliphatic hydroxyl groups excluding tert-OH is 1. The lowest BCUT2D eigenvalue weighted by molar-refractivity contribution is 0.277. The Morgan fingerprint density at radius 3 is 2.69 bits per heavy atom. The predicted octanol–water partition coefficient (Wildman–Crippen LogP) is 2.28. The monoisotopic (exact) mass is 257 g/mol. The van der Waals surface area contributed by atoms with Gasteiger partial charge in [-0.3, -0.25) is 0 Å². The van der Waals surface area contributed by atoms with Gasteiger partial charge >= 0.3 is 0 Å². The van der Waals surface area contributed by atoms with Crippen LogP contribution in [0.15, 0.2) is 18.2 Å². The van der Waals surface area contributed by atoms with Crippen LogP contribution in [0.2, 0.25) is 10.0 Å². The molecular formula is C10H9Cl2N3O. The van der Waals surface area contributed by atoms with Gasteiger partial charge in [-0.05, 0) is 12.1 Å². The summed E-state index contributed by atoms with van der Waals surface area (Å²) in [5.41, 5.74) is 2.08. The molecule has 2 rings (SSSR count). The van der Waals surface area contributed by atoms with Crippen molar-refractivity contribution in [1.82, 2.24) is 15.0 Å². The normalized spacial score (nSPS) is 10.8. The van der Waals surface area contributed by atoms with E-state index in [9.17, 15) is 0 Å². The summed E-state index contributed by atoms with van der Waals surface area (Å²) in [5, 5.41) is 17.8. The molecule has 1 aromatic carbocycles. The zero-order valence-corrected chi connectivity index (χ0v) is 10.00. The quantitative estimate of drug-likeness (QED) is 0.898. The highest BCUT2D eigenvalue weighted by molar-refractivity contribution is 6.42. The van der Waals surface area contributed by atoms with Gasteiger partial charge in [0.1, 0.15) is 5.69 Å². The second-order valence-corrected chi connectivity index (χ2v) is 4.11. The molecule has 0 fully saturated rings. The number of benzene rings is 1. The number of aliphatic hydroxyl groups is 1. The SMILES string of the molecule is Cn1nnc(CO)c1-c1ccc(Cl)c(Cl)c1. The van der Waals surface area contributed by atoms with Crippen molar-refractivity contribution in [1.29, 1.82) is 0 Å². The molecule has 0 saturated heterocycles. The fourth-order valence-electron chi connectivity index (χ4n) is 1.50. The number of nitrogens with zero attached hydrogens (tertiary/aromatic N) is 3. The molecule has 0 spiro atoms. The smallest absolute Gasteiger partial charge is 0.116 e. The molecule has 0 aliphatic heterocycles. The number of hydrogen-bond donors (Lipinski definition) is 1. The van der Waals surface area contributed by atoms with Crippen LogP contribution in [0.4, 0.5) is 0 Å². The molecule has 1 N–H and O–H groups in total. The first-order chi connectivity index (χ1) is 7.63. The number of hydrogen-bond acceptors (Lipinski definition) is 3. The van der Waals surface area contributed by atoms with E-state index in [1.807, 2.05) is 6.07 Å². The summed E-state index contributed by atoms with van der Waals surface area (Å²) in [6, 6.07) is 5.24. The molecule has 1 aromatic heterocycles. The van der Waals surface area contributed by atoms with Gasteiger partial charge in [-0.15, -0.1) is 5.10 Å². The molecule has 0 radical (unpaired) electrons. The summed E-state index contributed by atoms with van der Waals surface area (Å²) in [7, 11) is 1.75. The molecule has 0 aliphatic carbocycles. The van der Waals surface area contributed by atoms with Gasteiger partial charge in [0.15, 0.2) is 0 Å². The largest absolute Gasteiger partial charge is 0.390 e. The van der Waals surface area contributed by atoms with Gasteiger partial charge in [-0.2, -0.15) is 0 Å². The molecule has 16 heavy (non-hydrogen) atoms. The van der Waals surface area contributed by atoms with Crippen molar-refractivity contribution in [2.45, 2.75) is 6.61 Å². The highest BCUT2D eigenvalue weighted by atomic mass is 35.5. The van der Waals surface area contributed by atoms with E-state index in [-0.39, 0.29) is 6.61 Å². The first-order valence-corrected chi connectivity index (χ1v) is 5.34. The number of rotatable bonds is 2. The third-order valence-electron chi connectivity index (χ3n) is 2.24. The average Bonchev–Trinajstić information content (AvgIpc) is 2.64. The lowest BCUT2D eigenvalue weighted by Gasteiger charge is -2.04. The van der Waals surface area contributed by atoms with E-state index in [0.29, 0.717) is 15.7 Å². The third-order valence-corrected chi connectivity index (χ3v) is 2.98. The van der Waals surface area contributed by atoms with Crippen LogP contribution >= 0.6 is 23.2 Å². The van der Waals surface area contributed by atoms with Gasteiger partial charge in [0.2, 0.25) is 0 Å². The van der Waals surface area contributed by atoms with Crippen molar-refractivity contribution in [3.05, 3.63) is 33.9 Å². The summed E-state index contributed by atoms with van der Waals surface area (Å²) in [6.45, 7) is -0.163. The van der Waals surface area contributed by atoms with Crippen molar-refractivity contribution >= 4 is 23.2 Å². The van der Waals surface area contributed by atoms with E-state index >= 15 is 0 Å². The highest BCUT2D eigenvalue weighted by Crippen LogP contribution is 2.29. The standard InChI is InChI=1S/C10H9Cl2N3O/c1-15-10(9(5-16)13-14-15)6-2-3-7(11)8(12)4-6/h2-4,16H,5H2,1H3. The lowest BCUT2D eigenvalue weighted by Crippen LogP contribution is -1.95. The number of aromatic nitrogens is 3. The summed E-state index contributed by atoms with van der Waals surface area (Å²) >= 11 is 11.8. The fourth-order valence-corrected chi connectivity index (χ4v) is 1.80. The Morgan fingerprint density at radius 1 is 1.31 bits per heavy atom. The van der Waals surface area contributed by atoms with Crippen molar-refractivity contribution in [2.75, 3.05) is 0 Å². The van der Waals surface area contributed by atoms with Crippen LogP contribution in [0.3, 0.4) is 0 Å². The van der Waals surface area contributed by atoms with Gasteiger partial charge in [0.05, 0.1) is 22.3 Å². The second-order valence-electron chi connectivity index (χ2n) is 3.30. The Hall–Kier alpha value is -1.10. The third kappa shape index (κ3) is 1.91. The van der Waals surface area contributed by atoms with Crippen LogP contribution in [-0.2, 0) is 13.7 Å². The van der Waals surface area contributed by atoms with Crippen LogP contribution in [0, 0.1) is 0 Å². The maximum Gasteiger partial charge on any atom is 0.116 e. The minimum absolute atomic E-state index is 0.163. The van der Waals surface area contributed by atoms with Gasteiger partial charge < -0.3 is 5.11 Å². The molecule has 0 aliphatic rings. The number of aryl methyl sites for hydroxylation is 1. The molecule has 4 nitrogen and oxygen atoms in total. The van der Waals surface area contributed by atoms with Gasteiger partial charge in [-0.25, -0.2) is 4.68 Å². The average molecular weight is 258 g/mol. The minimum atomic E-state index is -0.163. The first-order valence-electron chi connectivity index (χ1n) is 4.58. The number of halogens is 2. The van der Waals surface area contributed by atoms with Crippen molar-refractivity contribution in [3.63, 3.8) is 0 Å². The minimum Gasteiger partial charge on any atom is -0.390 e. The topological polar surface area (TPSA) is 50.9 Å². The van der Waals surface area contributed by atoms with Crippen molar-refractivity contribution in [3.8, 4) is 11.3 Å². The molecule has 0 saturated carbocycles. The van der Waals surface area contributed by atoms with Crippen LogP contribution in [0.25, 0.3) is 11.3 Å². The molecule has 0 unspecified atom stereocenters. The maximum atomic E-state index is 9.14. The maximum absolute atomic E-state index is 9.14. The summed E-state index contributed by atoms with van der Waals surface area (Å²) in [6.07, 6.45) is 0. The zero-order valence-electron chi connectivity index (χ0n) is 8.48. The van der Waals surface area contributed by atoms with E-state index < -0.39 is 0 Å². The van der Waals surface area contributed by atoms with E-state index in [1.165, 1.54) is 0 Å². The summed E-state index contributed by atoms with van der Waals surface area (Å²) < 4.78 is 1.59. The van der Waals surface area contributed by atoms with E-state index in [1.54, 1.807) is 23.9 Å². The Balaban J connectivity index is 2.57. The highest BCUT2D eigenvalue weighted by Gasteiger charge is 2.12. The Kier molecular flexibility index (Phi) is 3.14. The molecule has 0 bridgehead atoms. The molecule has 1 heterocycles. The fraction of sp³-hybridized carbons (Fsp3) is 0.200. The second kappa shape index (κ2) is 4.41. The van der Waals surface area contributed by atoms with Crippen LogP contribution in [-0.4, -0.2) is 20.1 Å². The van der Waals surface area contributed by atoms with Gasteiger partial charge in [0.25, 0.3) is 0 Å². The summed E-state index contributed by atoms with van der Waals surface area (Å²) in [4.78, 5) is 0. The van der Waals surface area contributed by atoms with Crippen LogP contribution in [0.1, 0.15) is 5.69 Å². The van der Waals surface area contributed by atoms with Crippen LogP contribution in [0.5, 0.6) is 0 Å². The molecule has 6 heteroatoms. The van der Waals surface area contributed by atoms with Gasteiger partial charge in [0, 0.05) is 12.6 Å². The predicted molar refractivity (Wildman–Crippen MR) is 62.4 cm³/mol. The molecule has 2 aromatic rings. The Bertz CT molecular complexity index is 525. The molecule has 0 amide bonds. The van der Waals surface area contributed by atoms with Crippen molar-refractivity contribution < 1.29 is 5.11 Å². The van der Waals surface area contributed by atoms with Gasteiger partial charge in [-0.1, -0.05) is 34.5 Å². The van der Waals surface area contributed by atoms with E-state index in [0.717, 1.165) is 11.3 Å². The summed E-state index contributed by atoms with van der Waals surface area (Å²) in [5.74, 6) is 0. The molecular weight excluding hydrogens is 249 g/mol. The first kappa shape index (κ1) is 11.4. The Morgan fingerprint density at radius 2 is 2.06 bits per heavy atom. The molecule has 84 valence electrons.